The second-order valence-electron chi connectivity index (χ2n) is 4.72. The molecule has 3 nitrogen and oxygen atoms in total. The van der Waals surface area contributed by atoms with Crippen molar-refractivity contribution in [2.45, 2.75) is 32.4 Å². The first-order valence-electron chi connectivity index (χ1n) is 6.13. The van der Waals surface area contributed by atoms with Crippen LogP contribution in [0.2, 0.25) is 0 Å². The third-order valence-corrected chi connectivity index (χ3v) is 3.27. The number of piperazine rings is 1. The van der Waals surface area contributed by atoms with E-state index in [1.165, 1.54) is 5.69 Å². The van der Waals surface area contributed by atoms with E-state index in [1.54, 1.807) is 0 Å². The number of nitrogens with zero attached hydrogens (tertiary/aromatic N) is 2. The Morgan fingerprint density at radius 3 is 3.06 bits per heavy atom. The zero-order valence-corrected chi connectivity index (χ0v) is 10.2. The molecule has 1 saturated heterocycles. The third-order valence-electron chi connectivity index (χ3n) is 3.27. The Bertz CT molecular complexity index is 312. The Morgan fingerprint density at radius 2 is 2.31 bits per heavy atom. The number of hydrogen-bond acceptors (Lipinski definition) is 3. The first-order valence-corrected chi connectivity index (χ1v) is 6.13. The van der Waals surface area contributed by atoms with Crippen molar-refractivity contribution in [3.05, 3.63) is 30.1 Å². The molecule has 0 bridgehead atoms. The molecule has 16 heavy (non-hydrogen) atoms. The summed E-state index contributed by atoms with van der Waals surface area (Å²) in [5.41, 5.74) is 1.20. The lowest BCUT2D eigenvalue weighted by Crippen LogP contribution is -2.54. The molecule has 1 aromatic heterocycles. The van der Waals surface area contributed by atoms with Gasteiger partial charge in [0.1, 0.15) is 0 Å². The molecular formula is C13H21N3. The monoisotopic (exact) mass is 219 g/mol. The van der Waals surface area contributed by atoms with Crippen molar-refractivity contribution in [2.75, 3.05) is 19.6 Å². The van der Waals surface area contributed by atoms with E-state index < -0.39 is 0 Å². The number of pyridine rings is 1. The maximum atomic E-state index is 4.36. The summed E-state index contributed by atoms with van der Waals surface area (Å²) in [5.74, 6) is 0. The fourth-order valence-electron chi connectivity index (χ4n) is 2.21. The first kappa shape index (κ1) is 11.6. The minimum atomic E-state index is 0.611. The van der Waals surface area contributed by atoms with Gasteiger partial charge in [-0.2, -0.15) is 0 Å². The van der Waals surface area contributed by atoms with Crippen LogP contribution in [0.3, 0.4) is 0 Å². The molecule has 0 spiro atoms. The van der Waals surface area contributed by atoms with E-state index in [9.17, 15) is 0 Å². The molecule has 1 aromatic rings. The van der Waals surface area contributed by atoms with Crippen LogP contribution in [-0.2, 0) is 6.42 Å². The molecule has 0 saturated carbocycles. The van der Waals surface area contributed by atoms with Gasteiger partial charge in [-0.05, 0) is 26.0 Å². The summed E-state index contributed by atoms with van der Waals surface area (Å²) in [6, 6.07) is 7.39. The Morgan fingerprint density at radius 1 is 1.44 bits per heavy atom. The molecule has 1 aliphatic rings. The largest absolute Gasteiger partial charge is 0.311 e. The number of hydrogen-bond donors (Lipinski definition) is 1. The molecule has 1 fully saturated rings. The lowest BCUT2D eigenvalue weighted by molar-refractivity contribution is 0.148. The van der Waals surface area contributed by atoms with Crippen LogP contribution < -0.4 is 5.32 Å². The van der Waals surface area contributed by atoms with Gasteiger partial charge >= 0.3 is 0 Å². The molecule has 1 N–H and O–H groups in total. The predicted octanol–water partition coefficient (Wildman–Crippen LogP) is 1.31. The summed E-state index contributed by atoms with van der Waals surface area (Å²) in [6.45, 7) is 7.90. The van der Waals surface area contributed by atoms with Crippen LogP contribution >= 0.6 is 0 Å². The van der Waals surface area contributed by atoms with Crippen molar-refractivity contribution in [2.24, 2.45) is 0 Å². The van der Waals surface area contributed by atoms with Crippen LogP contribution in [0.25, 0.3) is 0 Å². The van der Waals surface area contributed by atoms with Gasteiger partial charge in [0.2, 0.25) is 0 Å². The van der Waals surface area contributed by atoms with E-state index in [0.29, 0.717) is 12.1 Å². The van der Waals surface area contributed by atoms with Gasteiger partial charge in [-0.1, -0.05) is 6.07 Å². The summed E-state index contributed by atoms with van der Waals surface area (Å²) in [7, 11) is 0. The van der Waals surface area contributed by atoms with E-state index in [1.807, 2.05) is 12.3 Å². The average molecular weight is 219 g/mol. The van der Waals surface area contributed by atoms with Crippen molar-refractivity contribution < 1.29 is 0 Å². The number of rotatable bonds is 3. The van der Waals surface area contributed by atoms with Crippen molar-refractivity contribution in [1.29, 1.82) is 0 Å². The molecule has 2 heterocycles. The van der Waals surface area contributed by atoms with Gasteiger partial charge in [-0.3, -0.25) is 9.88 Å². The zero-order chi connectivity index (χ0) is 11.4. The summed E-state index contributed by atoms with van der Waals surface area (Å²) >= 11 is 0. The van der Waals surface area contributed by atoms with Crippen LogP contribution in [0.4, 0.5) is 0 Å². The third kappa shape index (κ3) is 3.03. The van der Waals surface area contributed by atoms with E-state index in [4.69, 9.17) is 0 Å². The predicted molar refractivity (Wildman–Crippen MR) is 66.4 cm³/mol. The van der Waals surface area contributed by atoms with E-state index >= 15 is 0 Å². The van der Waals surface area contributed by atoms with Crippen molar-refractivity contribution in [1.82, 2.24) is 15.2 Å². The molecule has 0 aromatic carbocycles. The van der Waals surface area contributed by atoms with Gasteiger partial charge in [-0.15, -0.1) is 0 Å². The SMILES string of the molecule is CC1CN(CCc2ccccn2)C(C)CN1. The highest BCUT2D eigenvalue weighted by atomic mass is 15.2. The Kier molecular flexibility index (Phi) is 3.91. The summed E-state index contributed by atoms with van der Waals surface area (Å²) in [4.78, 5) is 6.92. The van der Waals surface area contributed by atoms with Crippen LogP contribution in [0.15, 0.2) is 24.4 Å². The molecule has 0 amide bonds. The summed E-state index contributed by atoms with van der Waals surface area (Å²) in [5, 5.41) is 3.50. The zero-order valence-electron chi connectivity index (χ0n) is 10.2. The normalized spacial score (nSPS) is 26.9. The van der Waals surface area contributed by atoms with Gasteiger partial charge < -0.3 is 5.32 Å². The molecule has 3 heteroatoms. The van der Waals surface area contributed by atoms with Crippen molar-refractivity contribution in [3.8, 4) is 0 Å². The Labute approximate surface area is 97.9 Å². The summed E-state index contributed by atoms with van der Waals surface area (Å²) in [6.07, 6.45) is 2.93. The van der Waals surface area contributed by atoms with Crippen LogP contribution in [0.1, 0.15) is 19.5 Å². The van der Waals surface area contributed by atoms with Gasteiger partial charge in [-0.25, -0.2) is 0 Å². The van der Waals surface area contributed by atoms with Gasteiger partial charge in [0.15, 0.2) is 0 Å². The fraction of sp³-hybridized carbons (Fsp3) is 0.615. The maximum absolute atomic E-state index is 4.36. The summed E-state index contributed by atoms with van der Waals surface area (Å²) < 4.78 is 0. The highest BCUT2D eigenvalue weighted by Crippen LogP contribution is 2.07. The molecule has 0 radical (unpaired) electrons. The molecule has 1 aliphatic heterocycles. The van der Waals surface area contributed by atoms with Crippen LogP contribution in [-0.4, -0.2) is 41.6 Å². The van der Waals surface area contributed by atoms with E-state index in [2.05, 4.69) is 41.2 Å². The second kappa shape index (κ2) is 5.41. The van der Waals surface area contributed by atoms with Crippen LogP contribution in [0.5, 0.6) is 0 Å². The topological polar surface area (TPSA) is 28.2 Å². The highest BCUT2D eigenvalue weighted by Gasteiger charge is 2.21. The van der Waals surface area contributed by atoms with Gasteiger partial charge in [0.25, 0.3) is 0 Å². The fourth-order valence-corrected chi connectivity index (χ4v) is 2.21. The molecular weight excluding hydrogens is 198 g/mol. The lowest BCUT2D eigenvalue weighted by atomic mass is 10.1. The van der Waals surface area contributed by atoms with Crippen molar-refractivity contribution in [3.63, 3.8) is 0 Å². The molecule has 2 atom stereocenters. The van der Waals surface area contributed by atoms with Gasteiger partial charge in [0.05, 0.1) is 0 Å². The van der Waals surface area contributed by atoms with E-state index in [0.717, 1.165) is 26.1 Å². The quantitative estimate of drug-likeness (QED) is 0.830. The second-order valence-corrected chi connectivity index (χ2v) is 4.72. The molecule has 88 valence electrons. The lowest BCUT2D eigenvalue weighted by Gasteiger charge is -2.37. The molecule has 0 aliphatic carbocycles. The van der Waals surface area contributed by atoms with Gasteiger partial charge in [0, 0.05) is 50.0 Å². The van der Waals surface area contributed by atoms with Crippen LogP contribution in [0, 0.1) is 0 Å². The first-order chi connectivity index (χ1) is 7.75. The van der Waals surface area contributed by atoms with E-state index in [-0.39, 0.29) is 0 Å². The Hall–Kier alpha value is -0.930. The standard InChI is InChI=1S/C13H21N3/c1-11-10-16(12(2)9-15-11)8-6-13-5-3-4-7-14-13/h3-5,7,11-12,15H,6,8-10H2,1-2H3. The maximum Gasteiger partial charge on any atom is 0.0416 e. The minimum Gasteiger partial charge on any atom is -0.311 e. The number of aromatic nitrogens is 1. The number of nitrogens with one attached hydrogen (secondary N) is 1. The average Bonchev–Trinajstić information content (AvgIpc) is 2.32. The Balaban J connectivity index is 1.85. The van der Waals surface area contributed by atoms with Crippen molar-refractivity contribution >= 4 is 0 Å². The molecule has 2 rings (SSSR count). The highest BCUT2D eigenvalue weighted by molar-refractivity contribution is 5.04. The molecule has 2 unspecified atom stereocenters. The minimum absolute atomic E-state index is 0.611. The smallest absolute Gasteiger partial charge is 0.0416 e.